The minimum absolute atomic E-state index is 0.0359. The van der Waals surface area contributed by atoms with Gasteiger partial charge < -0.3 is 4.74 Å². The number of anilines is 1. The highest BCUT2D eigenvalue weighted by Gasteiger charge is 2.42. The van der Waals surface area contributed by atoms with E-state index in [4.69, 9.17) is 16.3 Å². The topological polar surface area (TPSA) is 46.6 Å². The van der Waals surface area contributed by atoms with Crippen molar-refractivity contribution in [3.8, 4) is 0 Å². The van der Waals surface area contributed by atoms with Crippen LogP contribution in [0.2, 0.25) is 5.02 Å². The number of hydrogen-bond acceptors (Lipinski definition) is 3. The first kappa shape index (κ1) is 16.9. The van der Waals surface area contributed by atoms with E-state index in [1.54, 1.807) is 17.0 Å². The Labute approximate surface area is 157 Å². The van der Waals surface area contributed by atoms with Gasteiger partial charge in [0.15, 0.2) is 0 Å². The molecule has 0 N–H and O–H groups in total. The maximum Gasteiger partial charge on any atom is 0.336 e. The third-order valence-corrected chi connectivity index (χ3v) is 5.24. The second kappa shape index (κ2) is 6.61. The summed E-state index contributed by atoms with van der Waals surface area (Å²) in [6, 6.07) is 15.1. The van der Waals surface area contributed by atoms with E-state index in [-0.39, 0.29) is 30.8 Å². The average Bonchev–Trinajstić information content (AvgIpc) is 3.03. The second-order valence-electron chi connectivity index (χ2n) is 6.49. The lowest BCUT2D eigenvalue weighted by Gasteiger charge is -2.32. The molecule has 0 unspecified atom stereocenters. The van der Waals surface area contributed by atoms with Crippen molar-refractivity contribution in [2.24, 2.45) is 0 Å². The molecule has 0 saturated heterocycles. The Morgan fingerprint density at radius 3 is 2.42 bits per heavy atom. The summed E-state index contributed by atoms with van der Waals surface area (Å²) in [6.45, 7) is 2.21. The maximum absolute atomic E-state index is 12.9. The highest BCUT2D eigenvalue weighted by molar-refractivity contribution is 6.30. The van der Waals surface area contributed by atoms with Gasteiger partial charge in [0, 0.05) is 23.0 Å². The van der Waals surface area contributed by atoms with Gasteiger partial charge in [-0.05, 0) is 41.8 Å². The number of cyclic esters (lactones) is 1. The lowest BCUT2D eigenvalue weighted by Crippen LogP contribution is -2.37. The SMILES string of the molecule is CCc1ccc(N2C(=O)C[C@H](c3ccc(Cl)cc3)C3=C2COC3=O)cc1. The fourth-order valence-electron chi connectivity index (χ4n) is 3.61. The molecular weight excluding hydrogens is 350 g/mol. The lowest BCUT2D eigenvalue weighted by molar-refractivity contribution is -0.136. The van der Waals surface area contributed by atoms with E-state index >= 15 is 0 Å². The van der Waals surface area contributed by atoms with Crippen LogP contribution in [0.4, 0.5) is 5.69 Å². The molecule has 0 aliphatic carbocycles. The summed E-state index contributed by atoms with van der Waals surface area (Å²) in [7, 11) is 0. The first-order chi connectivity index (χ1) is 12.6. The van der Waals surface area contributed by atoms with E-state index in [1.807, 2.05) is 36.4 Å². The second-order valence-corrected chi connectivity index (χ2v) is 6.93. The standard InChI is InChI=1S/C21H18ClNO3/c1-2-13-3-9-16(10-4-13)23-18-12-26-21(25)20(18)17(11-19(23)24)14-5-7-15(22)8-6-14/h3-10,17H,2,11-12H2,1H3/t17-/m1/s1. The number of esters is 1. The van der Waals surface area contributed by atoms with Crippen LogP contribution in [0.5, 0.6) is 0 Å². The summed E-state index contributed by atoms with van der Waals surface area (Å²) in [5.74, 6) is -0.676. The zero-order chi connectivity index (χ0) is 18.3. The highest BCUT2D eigenvalue weighted by atomic mass is 35.5. The number of hydrogen-bond donors (Lipinski definition) is 0. The molecule has 1 amide bonds. The third kappa shape index (κ3) is 2.80. The molecule has 132 valence electrons. The van der Waals surface area contributed by atoms with E-state index in [1.165, 1.54) is 5.56 Å². The maximum atomic E-state index is 12.9. The van der Waals surface area contributed by atoms with Crippen LogP contribution < -0.4 is 4.90 Å². The molecule has 1 atom stereocenters. The van der Waals surface area contributed by atoms with Crippen molar-refractivity contribution in [1.82, 2.24) is 0 Å². The first-order valence-corrected chi connectivity index (χ1v) is 9.03. The molecule has 2 aliphatic rings. The minimum atomic E-state index is -0.345. The third-order valence-electron chi connectivity index (χ3n) is 4.99. The minimum Gasteiger partial charge on any atom is -0.456 e. The Morgan fingerprint density at radius 1 is 1.08 bits per heavy atom. The molecule has 2 aromatic rings. The zero-order valence-electron chi connectivity index (χ0n) is 14.4. The van der Waals surface area contributed by atoms with E-state index < -0.39 is 0 Å². The van der Waals surface area contributed by atoms with Crippen LogP contribution >= 0.6 is 11.6 Å². The normalized spacial score (nSPS) is 19.6. The fraction of sp³-hybridized carbons (Fsp3) is 0.238. The highest BCUT2D eigenvalue weighted by Crippen LogP contribution is 2.42. The molecule has 4 rings (SSSR count). The molecule has 0 bridgehead atoms. The van der Waals surface area contributed by atoms with E-state index in [0.717, 1.165) is 17.7 Å². The number of halogens is 1. The Hall–Kier alpha value is -2.59. The van der Waals surface area contributed by atoms with Gasteiger partial charge in [0.05, 0.1) is 11.3 Å². The van der Waals surface area contributed by atoms with Crippen LogP contribution in [-0.4, -0.2) is 18.5 Å². The van der Waals surface area contributed by atoms with Crippen LogP contribution in [-0.2, 0) is 20.7 Å². The lowest BCUT2D eigenvalue weighted by atomic mass is 9.84. The van der Waals surface area contributed by atoms with Gasteiger partial charge in [-0.1, -0.05) is 42.8 Å². The van der Waals surface area contributed by atoms with Crippen molar-refractivity contribution >= 4 is 29.2 Å². The van der Waals surface area contributed by atoms with Gasteiger partial charge in [-0.15, -0.1) is 0 Å². The van der Waals surface area contributed by atoms with Crippen molar-refractivity contribution in [1.29, 1.82) is 0 Å². The quantitative estimate of drug-likeness (QED) is 0.762. The van der Waals surface area contributed by atoms with Gasteiger partial charge in [0.1, 0.15) is 6.61 Å². The number of nitrogens with zero attached hydrogens (tertiary/aromatic N) is 1. The molecule has 2 aliphatic heterocycles. The molecule has 26 heavy (non-hydrogen) atoms. The first-order valence-electron chi connectivity index (χ1n) is 8.66. The van der Waals surface area contributed by atoms with Gasteiger partial charge in [-0.2, -0.15) is 0 Å². The molecule has 0 saturated carbocycles. The number of rotatable bonds is 3. The van der Waals surface area contributed by atoms with Crippen LogP contribution in [0.3, 0.4) is 0 Å². The summed E-state index contributed by atoms with van der Waals surface area (Å²) >= 11 is 5.97. The largest absolute Gasteiger partial charge is 0.456 e. The number of benzene rings is 2. The average molecular weight is 368 g/mol. The number of carbonyl (C=O) groups is 2. The molecule has 2 aromatic carbocycles. The molecule has 2 heterocycles. The van der Waals surface area contributed by atoms with E-state index in [2.05, 4.69) is 6.92 Å². The van der Waals surface area contributed by atoms with Crippen molar-refractivity contribution < 1.29 is 14.3 Å². The summed E-state index contributed by atoms with van der Waals surface area (Å²) in [5, 5.41) is 0.622. The summed E-state index contributed by atoms with van der Waals surface area (Å²) < 4.78 is 5.29. The predicted molar refractivity (Wildman–Crippen MR) is 100 cm³/mol. The van der Waals surface area contributed by atoms with Gasteiger partial charge in [-0.3, -0.25) is 9.69 Å². The smallest absolute Gasteiger partial charge is 0.336 e. The number of aryl methyl sites for hydroxylation is 1. The van der Waals surface area contributed by atoms with Gasteiger partial charge in [0.25, 0.3) is 0 Å². The van der Waals surface area contributed by atoms with Crippen molar-refractivity contribution in [3.05, 3.63) is 76.0 Å². The van der Waals surface area contributed by atoms with Crippen LogP contribution in [0.15, 0.2) is 59.8 Å². The number of carbonyl (C=O) groups excluding carboxylic acids is 2. The molecule has 4 nitrogen and oxygen atoms in total. The van der Waals surface area contributed by atoms with Gasteiger partial charge in [0.2, 0.25) is 5.91 Å². The number of ether oxygens (including phenoxy) is 1. The van der Waals surface area contributed by atoms with Gasteiger partial charge in [-0.25, -0.2) is 4.79 Å². The Balaban J connectivity index is 1.78. The Kier molecular flexibility index (Phi) is 4.29. The van der Waals surface area contributed by atoms with Crippen molar-refractivity contribution in [2.45, 2.75) is 25.7 Å². The fourth-order valence-corrected chi connectivity index (χ4v) is 3.74. The molecule has 0 fully saturated rings. The van der Waals surface area contributed by atoms with E-state index in [9.17, 15) is 9.59 Å². The molecule has 0 radical (unpaired) electrons. The summed E-state index contributed by atoms with van der Waals surface area (Å²) in [5.41, 5.74) is 4.09. The molecular formula is C21H18ClNO3. The monoisotopic (exact) mass is 367 g/mol. The van der Waals surface area contributed by atoms with Crippen LogP contribution in [0, 0.1) is 0 Å². The molecule has 5 heteroatoms. The van der Waals surface area contributed by atoms with Crippen LogP contribution in [0.1, 0.15) is 30.4 Å². The van der Waals surface area contributed by atoms with Crippen molar-refractivity contribution in [3.63, 3.8) is 0 Å². The Bertz CT molecular complexity index is 900. The summed E-state index contributed by atoms with van der Waals surface area (Å²) in [6.07, 6.45) is 1.16. The zero-order valence-corrected chi connectivity index (χ0v) is 15.1. The van der Waals surface area contributed by atoms with E-state index in [0.29, 0.717) is 16.3 Å². The van der Waals surface area contributed by atoms with Crippen molar-refractivity contribution in [2.75, 3.05) is 11.5 Å². The Morgan fingerprint density at radius 2 is 1.77 bits per heavy atom. The van der Waals surface area contributed by atoms with Crippen LogP contribution in [0.25, 0.3) is 0 Å². The molecule has 0 aromatic heterocycles. The van der Waals surface area contributed by atoms with Gasteiger partial charge >= 0.3 is 5.97 Å². The molecule has 0 spiro atoms. The number of amides is 1. The summed E-state index contributed by atoms with van der Waals surface area (Å²) in [4.78, 5) is 27.0. The predicted octanol–water partition coefficient (Wildman–Crippen LogP) is 4.23.